The van der Waals surface area contributed by atoms with Gasteiger partial charge in [0.25, 0.3) is 5.91 Å². The first-order valence-corrected chi connectivity index (χ1v) is 12.6. The lowest BCUT2D eigenvalue weighted by atomic mass is 10.1. The molecule has 0 bridgehead atoms. The molecule has 0 saturated carbocycles. The van der Waals surface area contributed by atoms with Crippen LogP contribution >= 0.6 is 23.4 Å². The maximum Gasteiger partial charge on any atom is 0.252 e. The van der Waals surface area contributed by atoms with Gasteiger partial charge in [-0.3, -0.25) is 4.79 Å². The zero-order valence-electron chi connectivity index (χ0n) is 16.9. The number of sulfone groups is 1. The third-order valence-corrected chi connectivity index (χ3v) is 8.81. The molecule has 2 atom stereocenters. The van der Waals surface area contributed by atoms with E-state index in [0.717, 1.165) is 0 Å². The lowest BCUT2D eigenvalue weighted by Crippen LogP contribution is -2.38. The number of fused-ring (bicyclic) bond motifs is 1. The van der Waals surface area contributed by atoms with E-state index in [9.17, 15) is 13.2 Å². The number of amidine groups is 1. The lowest BCUT2D eigenvalue weighted by Gasteiger charge is -2.26. The van der Waals surface area contributed by atoms with E-state index < -0.39 is 9.84 Å². The zero-order valence-corrected chi connectivity index (χ0v) is 19.3. The fraction of sp³-hybridized carbons (Fsp3) is 0.333. The minimum absolute atomic E-state index is 0.00241. The molecule has 31 heavy (non-hydrogen) atoms. The van der Waals surface area contributed by atoms with Gasteiger partial charge in [-0.25, -0.2) is 8.42 Å². The Morgan fingerprint density at radius 3 is 2.68 bits per heavy atom. The number of carbonyl (C=O) groups is 1. The number of carbonyl (C=O) groups excluding carboxylic acids is 1. The summed E-state index contributed by atoms with van der Waals surface area (Å²) in [5.41, 5.74) is 1.34. The van der Waals surface area contributed by atoms with Crippen LogP contribution in [0.4, 0.5) is 5.69 Å². The van der Waals surface area contributed by atoms with Crippen molar-refractivity contribution in [2.24, 2.45) is 4.99 Å². The summed E-state index contributed by atoms with van der Waals surface area (Å²) >= 11 is 7.49. The highest BCUT2D eigenvalue weighted by Gasteiger charge is 2.50. The van der Waals surface area contributed by atoms with Crippen molar-refractivity contribution < 1.29 is 22.7 Å². The van der Waals surface area contributed by atoms with Crippen LogP contribution in [0.2, 0.25) is 5.02 Å². The molecule has 2 aliphatic rings. The predicted molar refractivity (Wildman–Crippen MR) is 123 cm³/mol. The van der Waals surface area contributed by atoms with Crippen molar-refractivity contribution in [1.29, 1.82) is 0 Å². The first-order valence-electron chi connectivity index (χ1n) is 9.54. The molecule has 2 fully saturated rings. The predicted octanol–water partition coefficient (Wildman–Crippen LogP) is 3.20. The van der Waals surface area contributed by atoms with E-state index in [4.69, 9.17) is 21.1 Å². The Morgan fingerprint density at radius 2 is 1.97 bits per heavy atom. The number of rotatable bonds is 5. The standard InChI is InChI=1S/C21H21ClN2O5S2/c1-28-14-7-8-16(18(10-14)29-2)24-17-11-31(26,27)12-19(17)30-21(24)23-20(25)9-13-5-3-4-6-15(13)22/h3-8,10,17,19H,9,11-12H2,1-2H3/t17-,19+/m1/s1. The van der Waals surface area contributed by atoms with Gasteiger partial charge in [-0.15, -0.1) is 0 Å². The Labute approximate surface area is 190 Å². The number of hydrogen-bond acceptors (Lipinski definition) is 6. The molecule has 10 heteroatoms. The molecule has 2 aliphatic heterocycles. The number of halogens is 1. The van der Waals surface area contributed by atoms with Gasteiger partial charge in [-0.2, -0.15) is 4.99 Å². The molecular weight excluding hydrogens is 460 g/mol. The maximum absolute atomic E-state index is 12.7. The van der Waals surface area contributed by atoms with Crippen molar-refractivity contribution in [1.82, 2.24) is 0 Å². The van der Waals surface area contributed by atoms with E-state index in [-0.39, 0.29) is 35.1 Å². The molecule has 0 spiro atoms. The molecule has 164 valence electrons. The molecule has 0 radical (unpaired) electrons. The summed E-state index contributed by atoms with van der Waals surface area (Å²) in [6.07, 6.45) is 0.0605. The highest BCUT2D eigenvalue weighted by Crippen LogP contribution is 2.44. The van der Waals surface area contributed by atoms with Crippen molar-refractivity contribution in [3.63, 3.8) is 0 Å². The molecule has 4 rings (SSSR count). The van der Waals surface area contributed by atoms with Gasteiger partial charge >= 0.3 is 0 Å². The SMILES string of the molecule is COc1ccc(N2C(=NC(=O)Cc3ccccc3Cl)S[C@H]3CS(=O)(=O)C[C@H]32)c(OC)c1. The minimum atomic E-state index is -3.17. The quantitative estimate of drug-likeness (QED) is 0.649. The first kappa shape index (κ1) is 22.0. The smallest absolute Gasteiger partial charge is 0.252 e. The Hall–Kier alpha value is -2.23. The van der Waals surface area contributed by atoms with Crippen LogP contribution in [0.1, 0.15) is 5.56 Å². The summed E-state index contributed by atoms with van der Waals surface area (Å²) in [5.74, 6) is 0.815. The van der Waals surface area contributed by atoms with E-state index in [1.54, 1.807) is 43.5 Å². The number of methoxy groups -OCH3 is 2. The van der Waals surface area contributed by atoms with E-state index in [1.807, 2.05) is 11.0 Å². The fourth-order valence-electron chi connectivity index (χ4n) is 3.78. The number of ether oxygens (including phenoxy) is 2. The second-order valence-electron chi connectivity index (χ2n) is 7.26. The van der Waals surface area contributed by atoms with Crippen LogP contribution < -0.4 is 14.4 Å². The van der Waals surface area contributed by atoms with Crippen LogP contribution in [-0.2, 0) is 21.1 Å². The van der Waals surface area contributed by atoms with Gasteiger partial charge in [0.05, 0.1) is 43.9 Å². The molecule has 2 heterocycles. The van der Waals surface area contributed by atoms with Gasteiger partial charge in [-0.05, 0) is 23.8 Å². The molecule has 1 amide bonds. The average Bonchev–Trinajstić information content (AvgIpc) is 3.19. The Kier molecular flexibility index (Phi) is 6.18. The summed E-state index contributed by atoms with van der Waals surface area (Å²) in [7, 11) is -0.0832. The normalized spacial score (nSPS) is 23.1. The highest BCUT2D eigenvalue weighted by molar-refractivity contribution is 8.16. The van der Waals surface area contributed by atoms with Gasteiger partial charge in [0.1, 0.15) is 11.5 Å². The number of nitrogens with zero attached hydrogens (tertiary/aromatic N) is 2. The van der Waals surface area contributed by atoms with E-state index in [0.29, 0.717) is 32.9 Å². The fourth-order valence-corrected chi connectivity index (χ4v) is 7.91. The largest absolute Gasteiger partial charge is 0.497 e. The highest BCUT2D eigenvalue weighted by atomic mass is 35.5. The van der Waals surface area contributed by atoms with E-state index >= 15 is 0 Å². The number of thioether (sulfide) groups is 1. The van der Waals surface area contributed by atoms with Gasteiger partial charge in [0.15, 0.2) is 15.0 Å². The van der Waals surface area contributed by atoms with Crippen molar-refractivity contribution in [3.05, 3.63) is 53.1 Å². The zero-order chi connectivity index (χ0) is 22.2. The van der Waals surface area contributed by atoms with Gasteiger partial charge < -0.3 is 14.4 Å². The summed E-state index contributed by atoms with van der Waals surface area (Å²) in [6.45, 7) is 0. The molecule has 0 unspecified atom stereocenters. The first-order chi connectivity index (χ1) is 14.8. The third kappa shape index (κ3) is 4.53. The van der Waals surface area contributed by atoms with Crippen molar-refractivity contribution in [2.45, 2.75) is 17.7 Å². The molecule has 0 aliphatic carbocycles. The van der Waals surface area contributed by atoms with Crippen LogP contribution in [0.3, 0.4) is 0 Å². The van der Waals surface area contributed by atoms with Crippen LogP contribution in [0.5, 0.6) is 11.5 Å². The molecule has 0 N–H and O–H groups in total. The van der Waals surface area contributed by atoms with Crippen molar-refractivity contribution in [3.8, 4) is 11.5 Å². The Bertz CT molecular complexity index is 1150. The van der Waals surface area contributed by atoms with E-state index in [2.05, 4.69) is 4.99 Å². The number of anilines is 1. The minimum Gasteiger partial charge on any atom is -0.497 e. The lowest BCUT2D eigenvalue weighted by molar-refractivity contribution is -0.117. The summed E-state index contributed by atoms with van der Waals surface area (Å²) < 4.78 is 35.3. The second kappa shape index (κ2) is 8.72. The number of amides is 1. The van der Waals surface area contributed by atoms with Crippen LogP contribution in [0.25, 0.3) is 0 Å². The van der Waals surface area contributed by atoms with Crippen LogP contribution in [0, 0.1) is 0 Å². The van der Waals surface area contributed by atoms with Gasteiger partial charge in [-0.1, -0.05) is 41.6 Å². The van der Waals surface area contributed by atoms with Crippen molar-refractivity contribution >= 4 is 50.0 Å². The molecular formula is C21H21ClN2O5S2. The molecule has 2 aromatic rings. The molecule has 7 nitrogen and oxygen atoms in total. The molecule has 2 aromatic carbocycles. The third-order valence-electron chi connectivity index (χ3n) is 5.23. The topological polar surface area (TPSA) is 85.3 Å². The molecule has 2 saturated heterocycles. The average molecular weight is 481 g/mol. The van der Waals surface area contributed by atoms with Gasteiger partial charge in [0.2, 0.25) is 0 Å². The van der Waals surface area contributed by atoms with Gasteiger partial charge in [0, 0.05) is 16.3 Å². The summed E-state index contributed by atoms with van der Waals surface area (Å²) in [4.78, 5) is 18.9. The maximum atomic E-state index is 12.7. The Morgan fingerprint density at radius 1 is 1.19 bits per heavy atom. The summed E-state index contributed by atoms with van der Waals surface area (Å²) in [5, 5.41) is 0.765. The second-order valence-corrected chi connectivity index (χ2v) is 11.0. The monoisotopic (exact) mass is 480 g/mol. The summed E-state index contributed by atoms with van der Waals surface area (Å²) in [6, 6.07) is 12.1. The van der Waals surface area contributed by atoms with Crippen molar-refractivity contribution in [2.75, 3.05) is 30.6 Å². The van der Waals surface area contributed by atoms with Crippen LogP contribution in [0.15, 0.2) is 47.5 Å². The number of hydrogen-bond donors (Lipinski definition) is 0. The number of aliphatic imine (C=N–C) groups is 1. The molecule has 0 aromatic heterocycles. The van der Waals surface area contributed by atoms with Crippen LogP contribution in [-0.4, -0.2) is 56.5 Å². The van der Waals surface area contributed by atoms with E-state index in [1.165, 1.54) is 18.9 Å². The number of benzene rings is 2. The Balaban J connectivity index is 1.71.